The molecule has 0 bridgehead atoms. The van der Waals surface area contributed by atoms with Gasteiger partial charge in [-0.25, -0.2) is 4.39 Å². The number of hydrogen-bond donors (Lipinski definition) is 3. The Balaban J connectivity index is 2.24. The molecular weight excluding hydrogens is 701 g/mol. The minimum Gasteiger partial charge on any atom is -0.461 e. The number of aliphatic hydroxyl groups excluding tert-OH is 2. The van der Waals surface area contributed by atoms with Gasteiger partial charge in [0.05, 0.1) is 42.8 Å². The quantitative estimate of drug-likeness (QED) is 0.247. The van der Waals surface area contributed by atoms with Crippen molar-refractivity contribution in [2.45, 2.75) is 148 Å². The smallest absolute Gasteiger partial charge is 0.312 e. The number of hydrogen-bond acceptors (Lipinski definition) is 12. The summed E-state index contributed by atoms with van der Waals surface area (Å²) in [4.78, 5) is 43.6. The van der Waals surface area contributed by atoms with Crippen LogP contribution in [0.4, 0.5) is 4.39 Å². The summed E-state index contributed by atoms with van der Waals surface area (Å²) in [6.07, 6.45) is -1.10. The van der Waals surface area contributed by atoms with Gasteiger partial charge in [0.25, 0.3) is 0 Å². The van der Waals surface area contributed by atoms with E-state index in [-0.39, 0.29) is 31.6 Å². The summed E-state index contributed by atoms with van der Waals surface area (Å²) in [6, 6.07) is 5.02. The fourth-order valence-electron chi connectivity index (χ4n) is 8.32. The van der Waals surface area contributed by atoms with Crippen LogP contribution in [0.2, 0.25) is 0 Å². The molecule has 3 N–H and O–H groups in total. The molecule has 0 spiro atoms. The summed E-state index contributed by atoms with van der Waals surface area (Å²) in [5.74, 6) is -5.60. The fraction of sp³-hybridized carbons (Fsp3) is 0.732. The number of methoxy groups -OCH3 is 1. The summed E-state index contributed by atoms with van der Waals surface area (Å²) in [5, 5.41) is 34.9. The molecule has 14 atom stereocenters. The number of cyclic esters (lactones) is 1. The van der Waals surface area contributed by atoms with Gasteiger partial charge in [-0.15, -0.1) is 6.42 Å². The summed E-state index contributed by atoms with van der Waals surface area (Å²) < 4.78 is 45.5. The minimum absolute atomic E-state index is 0.0126. The maximum Gasteiger partial charge on any atom is 0.312 e. The zero-order valence-corrected chi connectivity index (χ0v) is 33.7. The maximum absolute atomic E-state index is 14.1. The molecule has 54 heavy (non-hydrogen) atoms. The molecule has 0 aliphatic carbocycles. The van der Waals surface area contributed by atoms with Gasteiger partial charge < -0.3 is 39.0 Å². The van der Waals surface area contributed by atoms with Gasteiger partial charge in [0, 0.05) is 30.9 Å². The lowest BCUT2D eigenvalue weighted by molar-refractivity contribution is -0.358. The van der Waals surface area contributed by atoms with E-state index in [9.17, 15) is 34.1 Å². The number of esters is 2. The standard InChI is InChI=1S/C41H62FNO11/c1-13-18-43(11)30-19-24(4)53-41(10,36(30)47)54-37-26(6)34(52-32(44)21-28-16-15-17-29(42)20-28)27(7)38(48)51-31(14-2)40(9,49)35(46)25(5)33(45)23(3)22-39(37,8)50-12/h1,15-17,20,23-27,30-31,34-37,46-47,49H,14,18-19,21-22H2,2-12H3/t23-,24-,25+,26+,27-,30+,31-,34+,35-,36-,37-,39-,40-,41+/m1/s1. The Labute approximate surface area is 320 Å². The van der Waals surface area contributed by atoms with Gasteiger partial charge in [0.1, 0.15) is 35.5 Å². The predicted octanol–water partition coefficient (Wildman–Crippen LogP) is 3.84. The number of nitrogens with zero attached hydrogens (tertiary/aromatic N) is 1. The topological polar surface area (TPSA) is 161 Å². The van der Waals surface area contributed by atoms with Crippen LogP contribution in [0.15, 0.2) is 24.3 Å². The number of terminal acetylenes is 1. The first-order valence-electron chi connectivity index (χ1n) is 18.9. The van der Waals surface area contributed by atoms with Crippen LogP contribution in [0.25, 0.3) is 0 Å². The van der Waals surface area contributed by atoms with Crippen molar-refractivity contribution in [2.24, 2.45) is 23.7 Å². The zero-order valence-electron chi connectivity index (χ0n) is 33.7. The molecule has 304 valence electrons. The molecule has 0 saturated carbocycles. The lowest BCUT2D eigenvalue weighted by atomic mass is 9.73. The van der Waals surface area contributed by atoms with Crippen molar-refractivity contribution in [2.75, 3.05) is 20.7 Å². The van der Waals surface area contributed by atoms with Crippen LogP contribution in [0.5, 0.6) is 0 Å². The molecule has 0 unspecified atom stereocenters. The second-order valence-electron chi connectivity index (χ2n) is 16.1. The van der Waals surface area contributed by atoms with E-state index >= 15 is 0 Å². The molecule has 0 aromatic heterocycles. The van der Waals surface area contributed by atoms with E-state index in [1.807, 2.05) is 11.8 Å². The Hall–Kier alpha value is -2.96. The fourth-order valence-corrected chi connectivity index (χ4v) is 8.32. The molecule has 3 rings (SSSR count). The van der Waals surface area contributed by atoms with Gasteiger partial charge in [-0.3, -0.25) is 19.3 Å². The largest absolute Gasteiger partial charge is 0.461 e. The van der Waals surface area contributed by atoms with Crippen molar-refractivity contribution < 1.29 is 57.8 Å². The summed E-state index contributed by atoms with van der Waals surface area (Å²) in [6.45, 7) is 14.8. The number of ether oxygens (including phenoxy) is 5. The summed E-state index contributed by atoms with van der Waals surface area (Å²) >= 11 is 0. The molecule has 2 aliphatic rings. The van der Waals surface area contributed by atoms with Crippen LogP contribution in [0, 0.1) is 41.8 Å². The predicted molar refractivity (Wildman–Crippen MR) is 198 cm³/mol. The molecule has 1 aromatic rings. The van der Waals surface area contributed by atoms with Gasteiger partial charge >= 0.3 is 11.9 Å². The van der Waals surface area contributed by atoms with Crippen molar-refractivity contribution in [1.29, 1.82) is 0 Å². The van der Waals surface area contributed by atoms with Crippen LogP contribution < -0.4 is 0 Å². The van der Waals surface area contributed by atoms with Gasteiger partial charge in [0.15, 0.2) is 5.79 Å². The maximum atomic E-state index is 14.1. The summed E-state index contributed by atoms with van der Waals surface area (Å²) in [5.41, 5.74) is -3.07. The molecular formula is C41H62FNO11. The molecule has 0 amide bonds. The first-order valence-corrected chi connectivity index (χ1v) is 18.9. The van der Waals surface area contributed by atoms with E-state index in [1.165, 1.54) is 46.1 Å². The first kappa shape index (κ1) is 45.4. The Kier molecular flexibility index (Phi) is 15.4. The van der Waals surface area contributed by atoms with Crippen molar-refractivity contribution in [3.05, 3.63) is 35.6 Å². The number of rotatable bonds is 9. The molecule has 13 heteroatoms. The van der Waals surface area contributed by atoms with E-state index in [1.54, 1.807) is 47.7 Å². The molecule has 2 aliphatic heterocycles. The molecule has 2 fully saturated rings. The van der Waals surface area contributed by atoms with Crippen LogP contribution in [0.3, 0.4) is 0 Å². The van der Waals surface area contributed by atoms with Gasteiger partial charge in [-0.2, -0.15) is 0 Å². The number of likely N-dealkylation sites (N-methyl/N-ethyl adjacent to an activating group) is 1. The second-order valence-corrected chi connectivity index (χ2v) is 16.1. The Morgan fingerprint density at radius 1 is 1.09 bits per heavy atom. The summed E-state index contributed by atoms with van der Waals surface area (Å²) in [7, 11) is 3.23. The Morgan fingerprint density at radius 2 is 1.74 bits per heavy atom. The molecule has 2 saturated heterocycles. The number of Topliss-reactive ketones (excluding diaryl/α,β-unsaturated/α-hetero) is 1. The van der Waals surface area contributed by atoms with Gasteiger partial charge in [0.2, 0.25) is 0 Å². The highest BCUT2D eigenvalue weighted by molar-refractivity contribution is 5.83. The number of aliphatic hydroxyl groups is 3. The third-order valence-electron chi connectivity index (χ3n) is 11.6. The minimum atomic E-state index is -2.03. The number of benzene rings is 1. The Morgan fingerprint density at radius 3 is 2.31 bits per heavy atom. The average molecular weight is 764 g/mol. The first-order chi connectivity index (χ1) is 25.1. The highest BCUT2D eigenvalue weighted by atomic mass is 19.1. The lowest BCUT2D eigenvalue weighted by Gasteiger charge is -2.52. The molecule has 0 radical (unpaired) electrons. The van der Waals surface area contributed by atoms with Crippen molar-refractivity contribution in [1.82, 2.24) is 4.90 Å². The lowest BCUT2D eigenvalue weighted by Crippen LogP contribution is -2.65. The van der Waals surface area contributed by atoms with Gasteiger partial charge in [-0.05, 0) is 78.6 Å². The van der Waals surface area contributed by atoms with E-state index in [0.717, 1.165) is 0 Å². The SMILES string of the molecule is C#CCN(C)[C@H]1C[C@@H](C)O[C@@](C)(O[C@@H]2[C@@H](C)[C@H](OC(=O)Cc3cccc(F)c3)[C@@H](C)C(=O)O[C@H](CC)[C@@](C)(O)[C@H](O)[C@@H](C)C(=O)[C@H](C)C[C@@]2(C)OC)[C@@H]1O. The third-order valence-corrected chi connectivity index (χ3v) is 11.6. The highest BCUT2D eigenvalue weighted by Crippen LogP contribution is 2.42. The molecule has 1 aromatic carbocycles. The van der Waals surface area contributed by atoms with Crippen LogP contribution >= 0.6 is 0 Å². The highest BCUT2D eigenvalue weighted by Gasteiger charge is 2.56. The van der Waals surface area contributed by atoms with E-state index in [0.29, 0.717) is 12.0 Å². The number of carbonyl (C=O) groups excluding carboxylic acids is 3. The number of ketones is 1. The van der Waals surface area contributed by atoms with Crippen molar-refractivity contribution in [3.63, 3.8) is 0 Å². The van der Waals surface area contributed by atoms with Crippen LogP contribution in [-0.4, -0.2) is 118 Å². The number of carbonyl (C=O) groups is 3. The molecule has 2 heterocycles. The van der Waals surface area contributed by atoms with Gasteiger partial charge in [-0.1, -0.05) is 45.7 Å². The van der Waals surface area contributed by atoms with E-state index in [2.05, 4.69) is 5.92 Å². The number of halogens is 1. The van der Waals surface area contributed by atoms with E-state index in [4.69, 9.17) is 30.1 Å². The van der Waals surface area contributed by atoms with Crippen LogP contribution in [0.1, 0.15) is 87.1 Å². The Bertz CT molecular complexity index is 1500. The average Bonchev–Trinajstić information content (AvgIpc) is 3.11. The molecule has 12 nitrogen and oxygen atoms in total. The normalized spacial score (nSPS) is 40.0. The van der Waals surface area contributed by atoms with E-state index < -0.39 is 101 Å². The van der Waals surface area contributed by atoms with Crippen molar-refractivity contribution in [3.8, 4) is 12.3 Å². The zero-order chi connectivity index (χ0) is 40.9. The van der Waals surface area contributed by atoms with Crippen LogP contribution in [-0.2, 0) is 44.5 Å². The second kappa shape index (κ2) is 18.3. The monoisotopic (exact) mass is 763 g/mol. The van der Waals surface area contributed by atoms with Crippen molar-refractivity contribution >= 4 is 17.7 Å². The third kappa shape index (κ3) is 10.1.